The third-order valence-corrected chi connectivity index (χ3v) is 3.65. The Labute approximate surface area is 118 Å². The minimum absolute atomic E-state index is 0.0338. The van der Waals surface area contributed by atoms with Gasteiger partial charge < -0.3 is 5.73 Å². The molecule has 92 valence electrons. The molecule has 6 heteroatoms. The lowest BCUT2D eigenvalue weighted by Gasteiger charge is -2.07. The van der Waals surface area contributed by atoms with Crippen molar-refractivity contribution in [3.8, 4) is 0 Å². The van der Waals surface area contributed by atoms with E-state index in [1.807, 2.05) is 31.2 Å². The molecule has 0 atom stereocenters. The van der Waals surface area contributed by atoms with Crippen molar-refractivity contribution < 1.29 is 0 Å². The first-order chi connectivity index (χ1) is 8.56. The zero-order valence-corrected chi connectivity index (χ0v) is 12.0. The molecule has 0 spiro atoms. The monoisotopic (exact) mass is 322 g/mol. The van der Waals surface area contributed by atoms with Crippen LogP contribution in [0.25, 0.3) is 0 Å². The average molecular weight is 323 g/mol. The standard InChI is InChI=1S/C12H11BrN4S/c1-7-4-5-16-12(17-7)18-10-3-2-8(13)6-9(10)11(14)15/h2-6H,1H3,(H3,14,15). The van der Waals surface area contributed by atoms with Crippen molar-refractivity contribution in [2.24, 2.45) is 5.73 Å². The van der Waals surface area contributed by atoms with Gasteiger partial charge in [-0.1, -0.05) is 15.9 Å². The SMILES string of the molecule is Cc1ccnc(Sc2ccc(Br)cc2C(=N)N)n1. The summed E-state index contributed by atoms with van der Waals surface area (Å²) in [5, 5.41) is 8.24. The molecule has 0 radical (unpaired) electrons. The van der Waals surface area contributed by atoms with E-state index in [1.54, 1.807) is 6.20 Å². The van der Waals surface area contributed by atoms with Gasteiger partial charge in [-0.15, -0.1) is 0 Å². The molecular formula is C12H11BrN4S. The van der Waals surface area contributed by atoms with Crippen LogP contribution in [-0.2, 0) is 0 Å². The quantitative estimate of drug-likeness (QED) is 0.517. The molecule has 4 nitrogen and oxygen atoms in total. The molecule has 0 bridgehead atoms. The molecule has 0 aliphatic heterocycles. The van der Waals surface area contributed by atoms with E-state index in [0.717, 1.165) is 15.1 Å². The van der Waals surface area contributed by atoms with Crippen LogP contribution in [0.3, 0.4) is 0 Å². The summed E-state index contributed by atoms with van der Waals surface area (Å²) in [6.07, 6.45) is 1.72. The van der Waals surface area contributed by atoms with Crippen LogP contribution in [0.5, 0.6) is 0 Å². The van der Waals surface area contributed by atoms with Crippen molar-refractivity contribution in [1.82, 2.24) is 9.97 Å². The summed E-state index contributed by atoms with van der Waals surface area (Å²) in [7, 11) is 0. The van der Waals surface area contributed by atoms with E-state index in [9.17, 15) is 0 Å². The van der Waals surface area contributed by atoms with Gasteiger partial charge in [0.15, 0.2) is 5.16 Å². The average Bonchev–Trinajstić information content (AvgIpc) is 2.31. The van der Waals surface area contributed by atoms with Gasteiger partial charge in [0.1, 0.15) is 5.84 Å². The number of halogens is 1. The highest BCUT2D eigenvalue weighted by Crippen LogP contribution is 2.29. The van der Waals surface area contributed by atoms with E-state index in [0.29, 0.717) is 10.7 Å². The Hall–Kier alpha value is -1.40. The Morgan fingerprint density at radius 3 is 2.83 bits per heavy atom. The molecule has 1 aromatic heterocycles. The molecule has 18 heavy (non-hydrogen) atoms. The van der Waals surface area contributed by atoms with E-state index in [4.69, 9.17) is 11.1 Å². The smallest absolute Gasteiger partial charge is 0.192 e. The first kappa shape index (κ1) is 13.0. The number of hydrogen-bond donors (Lipinski definition) is 2. The summed E-state index contributed by atoms with van der Waals surface area (Å²) in [6, 6.07) is 7.47. The van der Waals surface area contributed by atoms with Crippen LogP contribution in [0.15, 0.2) is 45.0 Å². The zero-order chi connectivity index (χ0) is 13.1. The summed E-state index contributed by atoms with van der Waals surface area (Å²) < 4.78 is 0.891. The van der Waals surface area contributed by atoms with Gasteiger partial charge in [-0.05, 0) is 43.0 Å². The number of benzene rings is 1. The van der Waals surface area contributed by atoms with Crippen LogP contribution in [0.4, 0.5) is 0 Å². The van der Waals surface area contributed by atoms with Crippen molar-refractivity contribution >= 4 is 33.5 Å². The number of nitrogen functional groups attached to an aromatic ring is 1. The van der Waals surface area contributed by atoms with Gasteiger partial charge in [0, 0.05) is 26.8 Å². The predicted octanol–water partition coefficient (Wildman–Crippen LogP) is 2.98. The van der Waals surface area contributed by atoms with Gasteiger partial charge >= 0.3 is 0 Å². The van der Waals surface area contributed by atoms with Crippen molar-refractivity contribution in [1.29, 1.82) is 5.41 Å². The summed E-state index contributed by atoms with van der Waals surface area (Å²) >= 11 is 4.77. The maximum atomic E-state index is 7.58. The van der Waals surface area contributed by atoms with Crippen molar-refractivity contribution in [3.63, 3.8) is 0 Å². The Bertz CT molecular complexity index is 600. The molecule has 0 amide bonds. The summed E-state index contributed by atoms with van der Waals surface area (Å²) in [4.78, 5) is 9.38. The minimum Gasteiger partial charge on any atom is -0.384 e. The van der Waals surface area contributed by atoms with E-state index in [2.05, 4.69) is 25.9 Å². The Morgan fingerprint density at radius 1 is 1.39 bits per heavy atom. The van der Waals surface area contributed by atoms with Gasteiger partial charge in [0.05, 0.1) is 0 Å². The van der Waals surface area contributed by atoms with Crippen LogP contribution >= 0.6 is 27.7 Å². The molecule has 0 aliphatic carbocycles. The molecule has 1 aromatic carbocycles. The Balaban J connectivity index is 2.37. The molecule has 0 saturated heterocycles. The number of hydrogen-bond acceptors (Lipinski definition) is 4. The molecule has 0 saturated carbocycles. The summed E-state index contributed by atoms with van der Waals surface area (Å²) in [5.41, 5.74) is 7.17. The second-order valence-corrected chi connectivity index (χ2v) is 5.56. The molecule has 0 fully saturated rings. The minimum atomic E-state index is 0.0338. The van der Waals surface area contributed by atoms with E-state index in [-0.39, 0.29) is 5.84 Å². The molecule has 0 aliphatic rings. The van der Waals surface area contributed by atoms with Gasteiger partial charge in [-0.2, -0.15) is 0 Å². The second kappa shape index (κ2) is 5.49. The highest BCUT2D eigenvalue weighted by atomic mass is 79.9. The lowest BCUT2D eigenvalue weighted by Crippen LogP contribution is -2.12. The number of aryl methyl sites for hydroxylation is 1. The van der Waals surface area contributed by atoms with E-state index >= 15 is 0 Å². The fourth-order valence-corrected chi connectivity index (χ4v) is 2.65. The van der Waals surface area contributed by atoms with Gasteiger partial charge in [0.2, 0.25) is 0 Å². The molecule has 2 aromatic rings. The number of nitrogens with zero attached hydrogens (tertiary/aromatic N) is 2. The third kappa shape index (κ3) is 3.08. The second-order valence-electron chi connectivity index (χ2n) is 3.64. The van der Waals surface area contributed by atoms with E-state index in [1.165, 1.54) is 11.8 Å². The number of nitrogens with one attached hydrogen (secondary N) is 1. The van der Waals surface area contributed by atoms with Crippen molar-refractivity contribution in [2.45, 2.75) is 17.0 Å². The lowest BCUT2D eigenvalue weighted by molar-refractivity contribution is 0.932. The van der Waals surface area contributed by atoms with Crippen LogP contribution in [0, 0.1) is 12.3 Å². The molecule has 2 rings (SSSR count). The number of aromatic nitrogens is 2. The third-order valence-electron chi connectivity index (χ3n) is 2.21. The Morgan fingerprint density at radius 2 is 2.17 bits per heavy atom. The molecule has 3 N–H and O–H groups in total. The van der Waals surface area contributed by atoms with Gasteiger partial charge in [0.25, 0.3) is 0 Å². The van der Waals surface area contributed by atoms with Gasteiger partial charge in [-0.25, -0.2) is 9.97 Å². The number of nitrogens with two attached hydrogens (primary N) is 1. The maximum Gasteiger partial charge on any atom is 0.192 e. The Kier molecular flexibility index (Phi) is 3.98. The number of rotatable bonds is 3. The van der Waals surface area contributed by atoms with Crippen LogP contribution in [-0.4, -0.2) is 15.8 Å². The van der Waals surface area contributed by atoms with E-state index < -0.39 is 0 Å². The summed E-state index contributed by atoms with van der Waals surface area (Å²) in [5.74, 6) is 0.0338. The first-order valence-electron chi connectivity index (χ1n) is 5.17. The topological polar surface area (TPSA) is 75.7 Å². The highest BCUT2D eigenvalue weighted by Gasteiger charge is 2.09. The van der Waals surface area contributed by atoms with Crippen molar-refractivity contribution in [3.05, 3.63) is 46.2 Å². The van der Waals surface area contributed by atoms with Crippen LogP contribution < -0.4 is 5.73 Å². The predicted molar refractivity (Wildman–Crippen MR) is 76.1 cm³/mol. The number of amidine groups is 1. The lowest BCUT2D eigenvalue weighted by atomic mass is 10.2. The summed E-state index contributed by atoms with van der Waals surface area (Å²) in [6.45, 7) is 1.92. The molecule has 0 unspecified atom stereocenters. The van der Waals surface area contributed by atoms with Crippen molar-refractivity contribution in [2.75, 3.05) is 0 Å². The molecular weight excluding hydrogens is 312 g/mol. The normalized spacial score (nSPS) is 10.3. The van der Waals surface area contributed by atoms with Crippen LogP contribution in [0.2, 0.25) is 0 Å². The highest BCUT2D eigenvalue weighted by molar-refractivity contribution is 9.10. The largest absolute Gasteiger partial charge is 0.384 e. The zero-order valence-electron chi connectivity index (χ0n) is 9.64. The van der Waals surface area contributed by atoms with Crippen LogP contribution in [0.1, 0.15) is 11.3 Å². The first-order valence-corrected chi connectivity index (χ1v) is 6.78. The maximum absolute atomic E-state index is 7.58. The fraction of sp³-hybridized carbons (Fsp3) is 0.0833. The fourth-order valence-electron chi connectivity index (χ4n) is 1.38. The van der Waals surface area contributed by atoms with Gasteiger partial charge in [-0.3, -0.25) is 5.41 Å². The molecule has 1 heterocycles.